The van der Waals surface area contributed by atoms with Crippen molar-refractivity contribution in [2.24, 2.45) is 0 Å². The maximum atomic E-state index is 12.6. The van der Waals surface area contributed by atoms with Crippen LogP contribution in [0.4, 0.5) is 0 Å². The first kappa shape index (κ1) is 28.4. The third-order valence-electron chi connectivity index (χ3n) is 6.57. The molecular formula is C32H46OS. The molecule has 0 saturated heterocycles. The number of benzene rings is 2. The number of thioether (sulfide) groups is 1. The molecule has 0 atom stereocenters. The lowest BCUT2D eigenvalue weighted by Gasteiger charge is -2.06. The van der Waals surface area contributed by atoms with Gasteiger partial charge in [0.25, 0.3) is 0 Å². The fourth-order valence-corrected chi connectivity index (χ4v) is 5.19. The predicted octanol–water partition coefficient (Wildman–Crippen LogP) is 10.1. The van der Waals surface area contributed by atoms with Crippen LogP contribution in [0.1, 0.15) is 118 Å². The lowest BCUT2D eigenvalue weighted by atomic mass is 9.99. The number of aryl methyl sites for hydroxylation is 2. The van der Waals surface area contributed by atoms with Gasteiger partial charge in [-0.2, -0.15) is 0 Å². The summed E-state index contributed by atoms with van der Waals surface area (Å²) in [6.45, 7) is 6.62. The van der Waals surface area contributed by atoms with E-state index in [1.165, 1.54) is 86.7 Å². The number of unbranched alkanes of at least 4 members (excludes halogenated alkanes) is 10. The number of rotatable bonds is 18. The molecule has 0 bridgehead atoms. The quantitative estimate of drug-likeness (QED) is 0.0917. The van der Waals surface area contributed by atoms with Crippen molar-refractivity contribution in [2.45, 2.75) is 109 Å². The van der Waals surface area contributed by atoms with Crippen molar-refractivity contribution < 1.29 is 4.79 Å². The Morgan fingerprint density at radius 3 is 1.94 bits per heavy atom. The summed E-state index contributed by atoms with van der Waals surface area (Å²) in [5.41, 5.74) is 4.56. The van der Waals surface area contributed by atoms with Crippen molar-refractivity contribution in [3.8, 4) is 0 Å². The SMILES string of the molecule is CCCCCCCCCCCCCSc1ccc(C(=O)/C=C/c2ccc(CC)cc2CC)cc1. The molecule has 0 aliphatic heterocycles. The van der Waals surface area contributed by atoms with Crippen molar-refractivity contribution in [3.63, 3.8) is 0 Å². The average Bonchev–Trinajstić information content (AvgIpc) is 2.88. The summed E-state index contributed by atoms with van der Waals surface area (Å²) in [7, 11) is 0. The second-order valence-electron chi connectivity index (χ2n) is 9.35. The van der Waals surface area contributed by atoms with Crippen LogP contribution in [0.25, 0.3) is 6.08 Å². The van der Waals surface area contributed by atoms with Crippen molar-refractivity contribution in [3.05, 3.63) is 70.8 Å². The van der Waals surface area contributed by atoms with Crippen LogP contribution in [-0.4, -0.2) is 11.5 Å². The first-order valence-corrected chi connectivity index (χ1v) is 14.7. The Morgan fingerprint density at radius 2 is 1.35 bits per heavy atom. The second-order valence-corrected chi connectivity index (χ2v) is 10.5. The molecule has 0 fully saturated rings. The largest absolute Gasteiger partial charge is 0.289 e. The van der Waals surface area contributed by atoms with E-state index in [0.29, 0.717) is 0 Å². The topological polar surface area (TPSA) is 17.1 Å². The zero-order valence-electron chi connectivity index (χ0n) is 21.9. The van der Waals surface area contributed by atoms with Gasteiger partial charge in [-0.1, -0.05) is 109 Å². The van der Waals surface area contributed by atoms with Gasteiger partial charge in [0.2, 0.25) is 0 Å². The van der Waals surface area contributed by atoms with Gasteiger partial charge in [0, 0.05) is 10.5 Å². The minimum Gasteiger partial charge on any atom is -0.289 e. The van der Waals surface area contributed by atoms with Crippen LogP contribution < -0.4 is 0 Å². The second kappa shape index (κ2) is 17.6. The number of hydrogen-bond acceptors (Lipinski definition) is 2. The predicted molar refractivity (Wildman–Crippen MR) is 152 cm³/mol. The molecule has 34 heavy (non-hydrogen) atoms. The Hall–Kier alpha value is -1.80. The fraction of sp³-hybridized carbons (Fsp3) is 0.531. The van der Waals surface area contributed by atoms with Gasteiger partial charge >= 0.3 is 0 Å². The molecule has 0 spiro atoms. The summed E-state index contributed by atoms with van der Waals surface area (Å²) in [5.74, 6) is 1.24. The lowest BCUT2D eigenvalue weighted by Crippen LogP contribution is -1.95. The van der Waals surface area contributed by atoms with E-state index in [2.05, 4.69) is 51.1 Å². The van der Waals surface area contributed by atoms with Crippen LogP contribution in [0.5, 0.6) is 0 Å². The average molecular weight is 479 g/mol. The third-order valence-corrected chi connectivity index (χ3v) is 7.66. The van der Waals surface area contributed by atoms with E-state index in [-0.39, 0.29) is 5.78 Å². The highest BCUT2D eigenvalue weighted by molar-refractivity contribution is 7.99. The summed E-state index contributed by atoms with van der Waals surface area (Å²) in [4.78, 5) is 13.9. The standard InChI is InChI=1S/C32H46OS/c1-4-7-8-9-10-11-12-13-14-15-16-25-34-31-22-19-30(20-23-31)32(33)24-21-29-18-17-27(5-2)26-28(29)6-3/h17-24,26H,4-16,25H2,1-3H3/b24-21+. The summed E-state index contributed by atoms with van der Waals surface area (Å²) in [6, 6.07) is 14.7. The molecule has 0 aliphatic carbocycles. The molecule has 0 amide bonds. The molecule has 0 N–H and O–H groups in total. The van der Waals surface area contributed by atoms with E-state index in [1.807, 2.05) is 30.0 Å². The number of carbonyl (C=O) groups excluding carboxylic acids is 1. The maximum absolute atomic E-state index is 12.6. The molecule has 0 unspecified atom stereocenters. The Bertz CT molecular complexity index is 850. The first-order valence-electron chi connectivity index (χ1n) is 13.7. The number of hydrogen-bond donors (Lipinski definition) is 0. The van der Waals surface area contributed by atoms with Gasteiger partial charge in [-0.05, 0) is 72.0 Å². The molecule has 2 aromatic carbocycles. The highest BCUT2D eigenvalue weighted by Gasteiger charge is 2.04. The molecule has 2 aromatic rings. The molecule has 2 heteroatoms. The molecule has 2 rings (SSSR count). The Morgan fingerprint density at radius 1 is 0.735 bits per heavy atom. The number of carbonyl (C=O) groups is 1. The van der Waals surface area contributed by atoms with Gasteiger partial charge in [0.1, 0.15) is 0 Å². The van der Waals surface area contributed by atoms with Crippen molar-refractivity contribution in [1.82, 2.24) is 0 Å². The molecule has 186 valence electrons. The van der Waals surface area contributed by atoms with Gasteiger partial charge in [0.05, 0.1) is 0 Å². The zero-order valence-corrected chi connectivity index (χ0v) is 22.7. The summed E-state index contributed by atoms with van der Waals surface area (Å²) < 4.78 is 0. The van der Waals surface area contributed by atoms with Gasteiger partial charge in [-0.15, -0.1) is 11.8 Å². The number of ketones is 1. The van der Waals surface area contributed by atoms with Crippen LogP contribution in [0.15, 0.2) is 53.4 Å². The van der Waals surface area contributed by atoms with E-state index in [1.54, 1.807) is 6.08 Å². The van der Waals surface area contributed by atoms with E-state index in [9.17, 15) is 4.79 Å². The Kier molecular flexibility index (Phi) is 14.7. The van der Waals surface area contributed by atoms with Gasteiger partial charge < -0.3 is 0 Å². The van der Waals surface area contributed by atoms with Crippen molar-refractivity contribution in [1.29, 1.82) is 0 Å². The van der Waals surface area contributed by atoms with Crippen molar-refractivity contribution >= 4 is 23.6 Å². The third kappa shape index (κ3) is 11.1. The minimum atomic E-state index is 0.0727. The summed E-state index contributed by atoms with van der Waals surface area (Å²) >= 11 is 1.91. The first-order chi connectivity index (χ1) is 16.7. The van der Waals surface area contributed by atoms with Gasteiger partial charge in [0.15, 0.2) is 5.78 Å². The van der Waals surface area contributed by atoms with Crippen LogP contribution in [0.3, 0.4) is 0 Å². The summed E-state index contributed by atoms with van der Waals surface area (Å²) in [5, 5.41) is 0. The zero-order chi connectivity index (χ0) is 24.4. The highest BCUT2D eigenvalue weighted by atomic mass is 32.2. The van der Waals surface area contributed by atoms with E-state index in [4.69, 9.17) is 0 Å². The van der Waals surface area contributed by atoms with Crippen LogP contribution in [-0.2, 0) is 12.8 Å². The fourth-order valence-electron chi connectivity index (χ4n) is 4.28. The van der Waals surface area contributed by atoms with Crippen LogP contribution >= 0.6 is 11.8 Å². The smallest absolute Gasteiger partial charge is 0.185 e. The normalized spacial score (nSPS) is 11.4. The van der Waals surface area contributed by atoms with Crippen molar-refractivity contribution in [2.75, 3.05) is 5.75 Å². The highest BCUT2D eigenvalue weighted by Crippen LogP contribution is 2.22. The monoisotopic (exact) mass is 478 g/mol. The van der Waals surface area contributed by atoms with Crippen LogP contribution in [0, 0.1) is 0 Å². The Balaban J connectivity index is 1.64. The molecule has 0 aromatic heterocycles. The molecule has 0 radical (unpaired) electrons. The Labute approximate surface area is 213 Å². The summed E-state index contributed by atoms with van der Waals surface area (Å²) in [6.07, 6.45) is 20.9. The molecule has 0 saturated carbocycles. The maximum Gasteiger partial charge on any atom is 0.185 e. The lowest BCUT2D eigenvalue weighted by molar-refractivity contribution is 0.104. The van der Waals surface area contributed by atoms with Gasteiger partial charge in [-0.3, -0.25) is 4.79 Å². The molecular weight excluding hydrogens is 432 g/mol. The van der Waals surface area contributed by atoms with E-state index < -0.39 is 0 Å². The van der Waals surface area contributed by atoms with Crippen LogP contribution in [0.2, 0.25) is 0 Å². The molecule has 0 aliphatic rings. The van der Waals surface area contributed by atoms with Gasteiger partial charge in [-0.25, -0.2) is 0 Å². The minimum absolute atomic E-state index is 0.0727. The number of allylic oxidation sites excluding steroid dienone is 1. The van der Waals surface area contributed by atoms with E-state index >= 15 is 0 Å². The van der Waals surface area contributed by atoms with E-state index in [0.717, 1.165) is 29.7 Å². The molecule has 1 nitrogen and oxygen atoms in total. The molecule has 0 heterocycles.